The van der Waals surface area contributed by atoms with E-state index in [4.69, 9.17) is 18.9 Å². The molecule has 406 valence electrons. The topological polar surface area (TPSA) is 225 Å². The Morgan fingerprint density at radius 1 is 0.525 bits per heavy atom. The minimum Gasteiger partial charge on any atom is -0.454 e. The molecule has 8 atom stereocenters. The minimum absolute atomic E-state index is 0.00991. The van der Waals surface area contributed by atoms with Crippen molar-refractivity contribution in [1.82, 2.24) is 39.0 Å². The van der Waals surface area contributed by atoms with Crippen molar-refractivity contribution in [3.05, 3.63) is 204 Å². The lowest BCUT2D eigenvalue weighted by Gasteiger charge is -2.23. The van der Waals surface area contributed by atoms with Crippen LogP contribution in [0.3, 0.4) is 0 Å². The normalized spacial score (nSPS) is 20.4. The molecule has 0 bridgehead atoms. The van der Waals surface area contributed by atoms with Gasteiger partial charge in [-0.1, -0.05) is 119 Å². The zero-order chi connectivity index (χ0) is 56.0. The van der Waals surface area contributed by atoms with Crippen molar-refractivity contribution in [2.45, 2.75) is 77.4 Å². The van der Waals surface area contributed by atoms with Gasteiger partial charge >= 0.3 is 24.1 Å². The van der Waals surface area contributed by atoms with Gasteiger partial charge in [-0.2, -0.15) is 28.7 Å². The third-order valence-corrected chi connectivity index (χ3v) is 14.0. The number of esters is 2. The maximum absolute atomic E-state index is 15.2. The Hall–Kier alpha value is -9.47. The van der Waals surface area contributed by atoms with Crippen molar-refractivity contribution in [3.63, 3.8) is 0 Å². The number of ether oxygens (including phenoxy) is 4. The van der Waals surface area contributed by atoms with E-state index in [1.165, 1.54) is 21.8 Å². The summed E-state index contributed by atoms with van der Waals surface area (Å²) in [6.45, 7) is 7.78. The second-order valence-electron chi connectivity index (χ2n) is 18.9. The lowest BCUT2D eigenvalue weighted by molar-refractivity contribution is -0.0470. The fourth-order valence-corrected chi connectivity index (χ4v) is 9.80. The molecule has 11 rings (SSSR count). The SMILES string of the molecule is CC[C@H]1O[C@@H](n2cnc3c(N(C(=O)c4ccccc4)C(=O)c4ccccc4)nc([18F])nc32)[C@H](OC(=O)c2ccccc2)[C@@H]1C.CC[C@H]1O[C@@H](n2cnc3c(NC(=O)c4ccccc4)nc([18F])nc32)[C@H](OC(=O)c2ccccc2)[C@@H]1C. The molecule has 6 heterocycles. The molecule has 0 spiro atoms. The Morgan fingerprint density at radius 3 is 1.32 bits per heavy atom. The van der Waals surface area contributed by atoms with Gasteiger partial charge in [0.25, 0.3) is 17.7 Å². The van der Waals surface area contributed by atoms with Crippen molar-refractivity contribution in [3.8, 4) is 0 Å². The number of hydrogen-bond donors (Lipinski definition) is 1. The van der Waals surface area contributed by atoms with Gasteiger partial charge < -0.3 is 24.3 Å². The predicted molar refractivity (Wildman–Crippen MR) is 287 cm³/mol. The molecule has 9 aromatic rings. The minimum atomic E-state index is -1.18. The molecular formula is C59H52F2N10O9. The van der Waals surface area contributed by atoms with E-state index in [0.29, 0.717) is 29.5 Å². The highest BCUT2D eigenvalue weighted by Crippen LogP contribution is 2.41. The number of aromatic nitrogens is 8. The predicted octanol–water partition coefficient (Wildman–Crippen LogP) is 10.0. The number of benzene rings is 5. The van der Waals surface area contributed by atoms with E-state index in [-0.39, 0.29) is 69.1 Å². The average Bonchev–Trinajstić information content (AvgIpc) is 4.36. The molecule has 0 radical (unpaired) electrons. The number of nitrogens with zero attached hydrogens (tertiary/aromatic N) is 9. The van der Waals surface area contributed by atoms with Crippen molar-refractivity contribution < 1.29 is 51.7 Å². The smallest absolute Gasteiger partial charge is 0.338 e. The molecule has 1 N–H and O–H groups in total. The molecule has 4 aromatic heterocycles. The number of carbonyl (C=O) groups excluding carboxylic acids is 5. The van der Waals surface area contributed by atoms with Crippen LogP contribution in [-0.2, 0) is 18.9 Å². The van der Waals surface area contributed by atoms with Crippen LogP contribution in [-0.4, -0.2) is 93.1 Å². The molecule has 2 aliphatic heterocycles. The van der Waals surface area contributed by atoms with E-state index in [1.807, 2.05) is 33.8 Å². The maximum atomic E-state index is 15.2. The molecule has 5 aromatic carbocycles. The van der Waals surface area contributed by atoms with E-state index >= 15 is 4.39 Å². The molecule has 2 fully saturated rings. The Morgan fingerprint density at radius 2 is 0.900 bits per heavy atom. The second-order valence-corrected chi connectivity index (χ2v) is 18.9. The van der Waals surface area contributed by atoms with Crippen LogP contribution in [0.25, 0.3) is 22.3 Å². The fraction of sp³-hybridized carbons (Fsp3) is 0.237. The summed E-state index contributed by atoms with van der Waals surface area (Å²) < 4.78 is 57.1. The number of carbonyl (C=O) groups is 5. The highest BCUT2D eigenvalue weighted by atomic mass is 18.2. The number of hydrogen-bond acceptors (Lipinski definition) is 15. The van der Waals surface area contributed by atoms with Gasteiger partial charge in [0.2, 0.25) is 0 Å². The van der Waals surface area contributed by atoms with E-state index in [9.17, 15) is 28.4 Å². The Balaban J connectivity index is 0.000000184. The summed E-state index contributed by atoms with van der Waals surface area (Å²) in [7, 11) is 0. The Labute approximate surface area is 456 Å². The summed E-state index contributed by atoms with van der Waals surface area (Å²) in [4.78, 5) is 91.3. The number of amides is 3. The first kappa shape index (κ1) is 53.9. The van der Waals surface area contributed by atoms with E-state index < -0.39 is 66.5 Å². The van der Waals surface area contributed by atoms with Crippen LogP contribution in [0.5, 0.6) is 0 Å². The summed E-state index contributed by atoms with van der Waals surface area (Å²) in [5.74, 6) is -3.70. The molecule has 0 unspecified atom stereocenters. The summed E-state index contributed by atoms with van der Waals surface area (Å²) in [6.07, 6.45) is -1.78. The van der Waals surface area contributed by atoms with Crippen molar-refractivity contribution in [2.75, 3.05) is 10.2 Å². The fourth-order valence-electron chi connectivity index (χ4n) is 9.80. The standard InChI is InChI=1S/C33H28FN5O5.C26H24FN5O4/c1-3-24-20(2)26(44-32(42)23-17-11-6-12-18-23)31(43-24)38-19-35-25-27(38)36-33(34)37-28(25)39(29(40)21-13-7-4-8-14-21)30(41)22-15-9-5-10-16-22;1-3-18-15(2)20(36-25(34)17-12-8-5-9-13-17)24(35-18)32-14-28-19-21(30-26(27)31-22(19)32)29-23(33)16-10-6-4-7-11-16/h4-20,24,26,31H,3H2,1-2H3;4-15,18,20,24H,3H2,1-2H3,(H,29,30,31,33)/t20-,24-,26-,31-;15-,18-,20-,24-/m11/s1/i34-1;27-1. The number of imidazole rings is 2. The molecule has 19 nitrogen and oxygen atoms in total. The second kappa shape index (κ2) is 23.6. The molecule has 0 saturated carbocycles. The quantitative estimate of drug-likeness (QED) is 0.0644. The molecule has 2 aliphatic rings. The highest BCUT2D eigenvalue weighted by molar-refractivity contribution is 6.27. The third-order valence-electron chi connectivity index (χ3n) is 14.0. The van der Waals surface area contributed by atoms with E-state index in [0.717, 1.165) is 4.90 Å². The Kier molecular flexibility index (Phi) is 15.9. The van der Waals surface area contributed by atoms with Gasteiger partial charge in [-0.25, -0.2) is 24.5 Å². The molecule has 2 saturated heterocycles. The molecule has 0 aliphatic carbocycles. The van der Waals surface area contributed by atoms with Gasteiger partial charge in [0, 0.05) is 28.5 Å². The molecule has 3 amide bonds. The first-order valence-electron chi connectivity index (χ1n) is 25.8. The number of nitrogens with one attached hydrogen (secondary N) is 1. The van der Waals surface area contributed by atoms with Gasteiger partial charge in [0.05, 0.1) is 36.0 Å². The number of imide groups is 1. The van der Waals surface area contributed by atoms with Crippen LogP contribution in [0.2, 0.25) is 0 Å². The first-order chi connectivity index (χ1) is 38.8. The lowest BCUT2D eigenvalue weighted by Crippen LogP contribution is -2.38. The lowest BCUT2D eigenvalue weighted by atomic mass is 9.98. The van der Waals surface area contributed by atoms with Crippen LogP contribution in [0, 0.1) is 24.0 Å². The maximum Gasteiger partial charge on any atom is 0.338 e. The molecular weight excluding hydrogens is 1030 g/mol. The van der Waals surface area contributed by atoms with E-state index in [1.54, 1.807) is 146 Å². The van der Waals surface area contributed by atoms with Gasteiger partial charge in [-0.15, -0.1) is 0 Å². The number of anilines is 2. The van der Waals surface area contributed by atoms with Gasteiger partial charge in [0.1, 0.15) is 0 Å². The van der Waals surface area contributed by atoms with Crippen molar-refractivity contribution in [1.29, 1.82) is 0 Å². The third kappa shape index (κ3) is 11.0. The summed E-state index contributed by atoms with van der Waals surface area (Å²) in [5, 5.41) is 2.61. The van der Waals surface area contributed by atoms with Crippen LogP contribution >= 0.6 is 0 Å². The highest BCUT2D eigenvalue weighted by Gasteiger charge is 2.47. The summed E-state index contributed by atoms with van der Waals surface area (Å²) >= 11 is 0. The van der Waals surface area contributed by atoms with E-state index in [2.05, 4.69) is 35.2 Å². The Bertz CT molecular complexity index is 3640. The van der Waals surface area contributed by atoms with Gasteiger partial charge in [0.15, 0.2) is 58.6 Å². The van der Waals surface area contributed by atoms with Gasteiger partial charge in [-0.3, -0.25) is 23.5 Å². The monoisotopic (exact) mass is 1080 g/mol. The van der Waals surface area contributed by atoms with Gasteiger partial charge in [-0.05, 0) is 73.5 Å². The van der Waals surface area contributed by atoms with Crippen LogP contribution in [0.4, 0.5) is 20.4 Å². The van der Waals surface area contributed by atoms with Crippen LogP contribution < -0.4 is 10.2 Å². The summed E-state index contributed by atoms with van der Waals surface area (Å²) in [6, 6.07) is 42.0. The number of fused-ring (bicyclic) bond motifs is 2. The zero-order valence-electron chi connectivity index (χ0n) is 43.6. The molecule has 80 heavy (non-hydrogen) atoms. The first-order valence-corrected chi connectivity index (χ1v) is 25.8. The average molecular weight is 1080 g/mol. The molecule has 21 heteroatoms. The van der Waals surface area contributed by atoms with Crippen molar-refractivity contribution >= 4 is 63.6 Å². The largest absolute Gasteiger partial charge is 0.454 e. The number of halogens is 2. The number of rotatable bonds is 13. The van der Waals surface area contributed by atoms with Crippen LogP contribution in [0.15, 0.2) is 164 Å². The zero-order valence-corrected chi connectivity index (χ0v) is 43.6. The van der Waals surface area contributed by atoms with Crippen molar-refractivity contribution in [2.24, 2.45) is 11.8 Å². The van der Waals surface area contributed by atoms with Crippen LogP contribution in [0.1, 0.15) is 105 Å². The summed E-state index contributed by atoms with van der Waals surface area (Å²) in [5.41, 5.74) is 1.81.